The van der Waals surface area contributed by atoms with Crippen molar-refractivity contribution in [3.8, 4) is 0 Å². The molecule has 0 heterocycles. The topological polar surface area (TPSA) is 32.3 Å². The smallest absolute Gasteiger partial charge is 0.242 e. The minimum Gasteiger partial charge on any atom is -0.374 e. The van der Waals surface area contributed by atoms with Crippen LogP contribution in [0.5, 0.6) is 0 Å². The highest BCUT2D eigenvalue weighted by Crippen LogP contribution is 2.29. The molecular formula is C17H18Cl2N2O. The molecule has 5 heteroatoms. The average Bonchev–Trinajstić information content (AvgIpc) is 2.53. The molecule has 0 bridgehead atoms. The lowest BCUT2D eigenvalue weighted by Gasteiger charge is -2.22. The molecule has 2 rings (SSSR count). The van der Waals surface area contributed by atoms with Gasteiger partial charge in [-0.05, 0) is 24.6 Å². The minimum atomic E-state index is 0.00217. The van der Waals surface area contributed by atoms with Crippen LogP contribution in [0.15, 0.2) is 48.5 Å². The van der Waals surface area contributed by atoms with Gasteiger partial charge in [0, 0.05) is 13.1 Å². The summed E-state index contributed by atoms with van der Waals surface area (Å²) in [5.74, 6) is 0.00217. The molecule has 1 N–H and O–H groups in total. The number of likely N-dealkylation sites (N-methyl/N-ethyl adjacent to an activating group) is 1. The first-order valence-electron chi connectivity index (χ1n) is 7.11. The predicted octanol–water partition coefficient (Wildman–Crippen LogP) is 4.45. The van der Waals surface area contributed by atoms with Crippen LogP contribution in [-0.4, -0.2) is 23.9 Å². The fraction of sp³-hybridized carbons (Fsp3) is 0.235. The second-order valence-electron chi connectivity index (χ2n) is 4.84. The number of para-hydroxylation sites is 1. The third-order valence-corrected chi connectivity index (χ3v) is 3.96. The molecule has 0 aliphatic heterocycles. The van der Waals surface area contributed by atoms with Gasteiger partial charge in [0.25, 0.3) is 0 Å². The number of hydrogen-bond acceptors (Lipinski definition) is 2. The number of carbonyl (C=O) groups is 1. The lowest BCUT2D eigenvalue weighted by Crippen LogP contribution is -2.35. The Hall–Kier alpha value is -1.71. The standard InChI is InChI=1S/C17H18Cl2N2O/c1-2-21(12-13-7-4-3-5-8-13)16(22)11-20-17-14(18)9-6-10-15(17)19/h3-10,20H,2,11-12H2,1H3. The van der Waals surface area contributed by atoms with Crippen LogP contribution in [0, 0.1) is 0 Å². The molecule has 0 saturated heterocycles. The summed E-state index contributed by atoms with van der Waals surface area (Å²) in [5.41, 5.74) is 1.70. The van der Waals surface area contributed by atoms with E-state index in [0.29, 0.717) is 28.8 Å². The molecule has 0 aliphatic rings. The quantitative estimate of drug-likeness (QED) is 0.844. The van der Waals surface area contributed by atoms with E-state index in [0.717, 1.165) is 5.56 Å². The maximum Gasteiger partial charge on any atom is 0.242 e. The molecule has 1 amide bonds. The van der Waals surface area contributed by atoms with Crippen molar-refractivity contribution in [2.45, 2.75) is 13.5 Å². The van der Waals surface area contributed by atoms with E-state index in [1.165, 1.54) is 0 Å². The summed E-state index contributed by atoms with van der Waals surface area (Å²) in [6.07, 6.45) is 0. The van der Waals surface area contributed by atoms with Crippen molar-refractivity contribution in [2.75, 3.05) is 18.4 Å². The van der Waals surface area contributed by atoms with E-state index in [-0.39, 0.29) is 12.5 Å². The second-order valence-corrected chi connectivity index (χ2v) is 5.66. The Labute approximate surface area is 140 Å². The van der Waals surface area contributed by atoms with Gasteiger partial charge in [0.1, 0.15) is 0 Å². The van der Waals surface area contributed by atoms with Gasteiger partial charge in [-0.25, -0.2) is 0 Å². The van der Waals surface area contributed by atoms with Gasteiger partial charge >= 0.3 is 0 Å². The lowest BCUT2D eigenvalue weighted by molar-refractivity contribution is -0.129. The largest absolute Gasteiger partial charge is 0.374 e. The van der Waals surface area contributed by atoms with E-state index in [2.05, 4.69) is 5.32 Å². The van der Waals surface area contributed by atoms with E-state index in [4.69, 9.17) is 23.2 Å². The summed E-state index contributed by atoms with van der Waals surface area (Å²) < 4.78 is 0. The van der Waals surface area contributed by atoms with Gasteiger partial charge in [-0.1, -0.05) is 59.6 Å². The Morgan fingerprint density at radius 1 is 1.05 bits per heavy atom. The van der Waals surface area contributed by atoms with E-state index in [1.807, 2.05) is 37.3 Å². The van der Waals surface area contributed by atoms with Gasteiger partial charge in [-0.15, -0.1) is 0 Å². The van der Waals surface area contributed by atoms with Crippen LogP contribution in [0.2, 0.25) is 10.0 Å². The van der Waals surface area contributed by atoms with Gasteiger partial charge < -0.3 is 10.2 Å². The number of nitrogens with zero attached hydrogens (tertiary/aromatic N) is 1. The number of halogens is 2. The van der Waals surface area contributed by atoms with Crippen LogP contribution in [0.4, 0.5) is 5.69 Å². The van der Waals surface area contributed by atoms with E-state index >= 15 is 0 Å². The van der Waals surface area contributed by atoms with Crippen molar-refractivity contribution in [1.82, 2.24) is 4.90 Å². The molecule has 2 aromatic carbocycles. The molecule has 116 valence electrons. The molecule has 0 aliphatic carbocycles. The van der Waals surface area contributed by atoms with Crippen LogP contribution in [0.1, 0.15) is 12.5 Å². The highest BCUT2D eigenvalue weighted by Gasteiger charge is 2.13. The number of benzene rings is 2. The van der Waals surface area contributed by atoms with E-state index < -0.39 is 0 Å². The summed E-state index contributed by atoms with van der Waals surface area (Å²) in [5, 5.41) is 4.04. The van der Waals surface area contributed by atoms with Gasteiger partial charge in [0.15, 0.2) is 0 Å². The lowest BCUT2D eigenvalue weighted by atomic mass is 10.2. The van der Waals surface area contributed by atoms with E-state index in [1.54, 1.807) is 23.1 Å². The Balaban J connectivity index is 1.98. The van der Waals surface area contributed by atoms with Crippen molar-refractivity contribution in [3.05, 3.63) is 64.1 Å². The summed E-state index contributed by atoms with van der Waals surface area (Å²) in [6.45, 7) is 3.35. The summed E-state index contributed by atoms with van der Waals surface area (Å²) in [7, 11) is 0. The monoisotopic (exact) mass is 336 g/mol. The third kappa shape index (κ3) is 4.39. The summed E-state index contributed by atoms with van der Waals surface area (Å²) in [6, 6.07) is 15.2. The SMILES string of the molecule is CCN(Cc1ccccc1)C(=O)CNc1c(Cl)cccc1Cl. The average molecular weight is 337 g/mol. The Kier molecular flexibility index (Phi) is 6.10. The maximum absolute atomic E-state index is 12.4. The van der Waals surface area contributed by atoms with Gasteiger partial charge in [-0.3, -0.25) is 4.79 Å². The zero-order chi connectivity index (χ0) is 15.9. The fourth-order valence-corrected chi connectivity index (χ4v) is 2.65. The van der Waals surface area contributed by atoms with Gasteiger partial charge in [0.05, 0.1) is 22.3 Å². The van der Waals surface area contributed by atoms with Crippen LogP contribution >= 0.6 is 23.2 Å². The molecule has 0 radical (unpaired) electrons. The maximum atomic E-state index is 12.4. The van der Waals surface area contributed by atoms with Crippen LogP contribution in [-0.2, 0) is 11.3 Å². The molecule has 0 unspecified atom stereocenters. The molecule has 2 aromatic rings. The molecule has 0 spiro atoms. The number of hydrogen-bond donors (Lipinski definition) is 1. The van der Waals surface area contributed by atoms with Gasteiger partial charge in [0.2, 0.25) is 5.91 Å². The van der Waals surface area contributed by atoms with Crippen molar-refractivity contribution >= 4 is 34.8 Å². The van der Waals surface area contributed by atoms with Crippen molar-refractivity contribution in [2.24, 2.45) is 0 Å². The van der Waals surface area contributed by atoms with Crippen LogP contribution in [0.3, 0.4) is 0 Å². The Bertz CT molecular complexity index is 612. The Morgan fingerprint density at radius 3 is 2.27 bits per heavy atom. The summed E-state index contributed by atoms with van der Waals surface area (Å²) >= 11 is 12.2. The highest BCUT2D eigenvalue weighted by molar-refractivity contribution is 6.39. The zero-order valence-electron chi connectivity index (χ0n) is 12.4. The van der Waals surface area contributed by atoms with Crippen LogP contribution in [0.25, 0.3) is 0 Å². The number of rotatable bonds is 6. The third-order valence-electron chi connectivity index (χ3n) is 3.33. The minimum absolute atomic E-state index is 0.00217. The molecule has 0 fully saturated rings. The number of carbonyl (C=O) groups excluding carboxylic acids is 1. The molecular weight excluding hydrogens is 319 g/mol. The molecule has 0 saturated carbocycles. The first-order valence-corrected chi connectivity index (χ1v) is 7.87. The second kappa shape index (κ2) is 8.06. The normalized spacial score (nSPS) is 10.3. The first-order chi connectivity index (χ1) is 10.6. The fourth-order valence-electron chi connectivity index (χ4n) is 2.12. The molecule has 22 heavy (non-hydrogen) atoms. The number of anilines is 1. The van der Waals surface area contributed by atoms with E-state index in [9.17, 15) is 4.79 Å². The van der Waals surface area contributed by atoms with Crippen molar-refractivity contribution in [3.63, 3.8) is 0 Å². The predicted molar refractivity (Wildman–Crippen MR) is 92.5 cm³/mol. The molecule has 0 atom stereocenters. The van der Waals surface area contributed by atoms with Crippen LogP contribution < -0.4 is 5.32 Å². The molecule has 3 nitrogen and oxygen atoms in total. The molecule has 0 aromatic heterocycles. The number of nitrogens with one attached hydrogen (secondary N) is 1. The zero-order valence-corrected chi connectivity index (χ0v) is 13.9. The summed E-state index contributed by atoms with van der Waals surface area (Å²) in [4.78, 5) is 14.1. The highest BCUT2D eigenvalue weighted by atomic mass is 35.5. The Morgan fingerprint density at radius 2 is 1.68 bits per heavy atom. The number of amides is 1. The van der Waals surface area contributed by atoms with Gasteiger partial charge in [-0.2, -0.15) is 0 Å². The van der Waals surface area contributed by atoms with Crippen molar-refractivity contribution in [1.29, 1.82) is 0 Å². The van der Waals surface area contributed by atoms with Crippen molar-refractivity contribution < 1.29 is 4.79 Å². The first kappa shape index (κ1) is 16.7.